The fraction of sp³-hybridized carbons (Fsp3) is 0.569. The summed E-state index contributed by atoms with van der Waals surface area (Å²) in [7, 11) is 3.44. The molecule has 17 nitrogen and oxygen atoms in total. The minimum Gasteiger partial charge on any atom is -0.396 e. The molecule has 4 aliphatic carbocycles. The van der Waals surface area contributed by atoms with Crippen molar-refractivity contribution in [1.29, 1.82) is 0 Å². The van der Waals surface area contributed by atoms with E-state index in [0.717, 1.165) is 106 Å². The van der Waals surface area contributed by atoms with Crippen molar-refractivity contribution in [1.82, 2.24) is 50.2 Å². The highest BCUT2D eigenvalue weighted by atomic mass is 32.2. The monoisotopic (exact) mass is 1090 g/mol. The van der Waals surface area contributed by atoms with E-state index in [9.17, 15) is 14.4 Å². The summed E-state index contributed by atoms with van der Waals surface area (Å²) in [6.07, 6.45) is 16.0. The largest absolute Gasteiger partial charge is 0.396 e. The average molecular weight is 1090 g/mol. The van der Waals surface area contributed by atoms with E-state index in [2.05, 4.69) is 56.0 Å². The maximum absolute atomic E-state index is 14.3. The van der Waals surface area contributed by atoms with Crippen LogP contribution in [0.1, 0.15) is 140 Å². The Hall–Kier alpha value is -5.92. The van der Waals surface area contributed by atoms with Crippen molar-refractivity contribution in [3.05, 3.63) is 77.8 Å². The molecule has 77 heavy (non-hydrogen) atoms. The Kier molecular flexibility index (Phi) is 20.3. The summed E-state index contributed by atoms with van der Waals surface area (Å²) in [4.78, 5) is 63.4. The van der Waals surface area contributed by atoms with Crippen LogP contribution in [0.4, 0.5) is 22.6 Å². The number of benzene rings is 1. The van der Waals surface area contributed by atoms with Crippen molar-refractivity contribution in [3.8, 4) is 11.1 Å². The maximum Gasteiger partial charge on any atom is 0.280 e. The van der Waals surface area contributed by atoms with Crippen LogP contribution in [0.3, 0.4) is 0 Å². The third kappa shape index (κ3) is 15.2. The van der Waals surface area contributed by atoms with Crippen molar-refractivity contribution >= 4 is 80.2 Å². The number of pyridine rings is 1. The van der Waals surface area contributed by atoms with Crippen LogP contribution < -0.4 is 25.6 Å². The number of aliphatic hydroxyl groups excluding tert-OH is 1. The van der Waals surface area contributed by atoms with Gasteiger partial charge in [-0.25, -0.2) is 9.97 Å². The molecule has 4 saturated carbocycles. The Balaban J connectivity index is 0.000000790. The topological polar surface area (TPSA) is 212 Å². The smallest absolute Gasteiger partial charge is 0.280 e. The Morgan fingerprint density at radius 1 is 0.974 bits per heavy atom. The lowest BCUT2D eigenvalue weighted by molar-refractivity contribution is -0.140. The second-order valence-electron chi connectivity index (χ2n) is 23.0. The maximum atomic E-state index is 14.3. The molecular formula is C58H82N12O5S2. The van der Waals surface area contributed by atoms with Crippen LogP contribution in [0.5, 0.6) is 0 Å². The van der Waals surface area contributed by atoms with E-state index in [4.69, 9.17) is 25.0 Å². The fourth-order valence-corrected chi connectivity index (χ4v) is 13.4. The van der Waals surface area contributed by atoms with Crippen LogP contribution in [-0.4, -0.2) is 109 Å². The molecule has 2 atom stereocenters. The van der Waals surface area contributed by atoms with Gasteiger partial charge in [0.05, 0.1) is 16.4 Å². The number of carbonyl (C=O) groups is 4. The molecule has 5 aliphatic rings. The standard InChI is InChI=1S/C51H67N11O3S2.C5H10O.C2H5NO/c1-31-22-42(57-58-46(31)56-49-53-39-15-10-11-16-40(39)67-49)60(7)41-19-18-37(38-29-52-62(33(38)3)30-51-26-34-23-35(27-51)25-36(24-34)28-51)44(54-41)47(64)59-66-21-12-8-9-17-43(63)55-45(50(4,5)6)48(65)61-20-13-14-32(61)2;1-5(2)3-4-6;1-3-2-4/h10-11,15-16,18-19,22,29,32,34-36,45H,8-9,12-14,17,20-21,23-28,30H2,1-7H3,(H,55,63)(H,59,64)(H,53,56,58);6H,1,3-4H2,2H3;2H,1H3,(H,3,4). The van der Waals surface area contributed by atoms with Gasteiger partial charge < -0.3 is 30.9 Å². The van der Waals surface area contributed by atoms with Gasteiger partial charge in [-0.1, -0.05) is 68.2 Å². The quantitative estimate of drug-likeness (QED) is 0.0213. The number of para-hydroxylation sites is 1. The molecular weight excluding hydrogens is 1010 g/mol. The average Bonchev–Trinajstić information content (AvgIpc) is 4.15. The molecule has 1 saturated heterocycles. The summed E-state index contributed by atoms with van der Waals surface area (Å²) in [5, 5.41) is 31.6. The normalized spacial score (nSPS) is 20.6. The molecule has 1 aliphatic heterocycles. The highest BCUT2D eigenvalue weighted by molar-refractivity contribution is 7.97. The third-order valence-electron chi connectivity index (χ3n) is 15.5. The van der Waals surface area contributed by atoms with Gasteiger partial charge in [-0.3, -0.25) is 28.6 Å². The van der Waals surface area contributed by atoms with E-state index in [1.807, 2.05) is 100 Å². The second kappa shape index (κ2) is 26.6. The van der Waals surface area contributed by atoms with Crippen LogP contribution in [0.25, 0.3) is 21.3 Å². The van der Waals surface area contributed by atoms with E-state index < -0.39 is 11.5 Å². The first kappa shape index (κ1) is 58.8. The number of aryl methyl sites for hydroxylation is 1. The highest BCUT2D eigenvalue weighted by Gasteiger charge is 2.51. The lowest BCUT2D eigenvalue weighted by atomic mass is 9.49. The van der Waals surface area contributed by atoms with E-state index in [0.29, 0.717) is 53.6 Å². The zero-order chi connectivity index (χ0) is 55.4. The number of carbonyl (C=O) groups excluding carboxylic acids is 4. The Bertz CT molecular complexity index is 2770. The van der Waals surface area contributed by atoms with Gasteiger partial charge in [-0.2, -0.15) is 5.10 Å². The predicted molar refractivity (Wildman–Crippen MR) is 310 cm³/mol. The lowest BCUT2D eigenvalue weighted by Crippen LogP contribution is -2.55. The van der Waals surface area contributed by atoms with Gasteiger partial charge in [0.1, 0.15) is 17.6 Å². The van der Waals surface area contributed by atoms with Gasteiger partial charge in [-0.15, -0.1) is 16.8 Å². The number of nitrogens with zero attached hydrogens (tertiary/aromatic N) is 8. The number of unbranched alkanes of at least 4 members (excludes halogenated alkanes) is 2. The van der Waals surface area contributed by atoms with Crippen LogP contribution in [0.15, 0.2) is 60.8 Å². The minimum absolute atomic E-state index is 0.0155. The van der Waals surface area contributed by atoms with E-state index in [1.54, 1.807) is 18.4 Å². The number of likely N-dealkylation sites (tertiary alicyclic amines) is 1. The van der Waals surface area contributed by atoms with Gasteiger partial charge in [0, 0.05) is 68.8 Å². The molecule has 5 heterocycles. The van der Waals surface area contributed by atoms with E-state index in [1.165, 1.54) is 50.5 Å². The third-order valence-corrected chi connectivity index (χ3v) is 17.3. The molecule has 1 aromatic carbocycles. The molecule has 5 N–H and O–H groups in total. The number of fused-ring (bicyclic) bond motifs is 1. The van der Waals surface area contributed by atoms with Crippen LogP contribution >= 0.6 is 23.3 Å². The Morgan fingerprint density at radius 3 is 2.27 bits per heavy atom. The second-order valence-corrected chi connectivity index (χ2v) is 24.9. The minimum atomic E-state index is -0.557. The van der Waals surface area contributed by atoms with Crippen molar-refractivity contribution in [2.45, 2.75) is 151 Å². The van der Waals surface area contributed by atoms with Crippen molar-refractivity contribution in [2.24, 2.45) is 28.6 Å². The zero-order valence-corrected chi connectivity index (χ0v) is 48.4. The van der Waals surface area contributed by atoms with Crippen LogP contribution in [0, 0.1) is 42.4 Å². The number of hydrogen-bond acceptors (Lipinski definition) is 14. The molecule has 5 aromatic rings. The summed E-state index contributed by atoms with van der Waals surface area (Å²) in [6, 6.07) is 13.5. The SMILES string of the molecule is C=C(C)CCO.CNC=O.Cc1cc(N(C)c2ccc(-c3cnn(CC45CC6CC(CC(C6)C4)C5)c3C)c(C(=O)NSCCCCCC(=O)NC(C(=O)N3CCCC3C)C(C)(C)C)n2)nnc1Nc1nc2ccccc2s1. The molecule has 4 amide bonds. The molecule has 416 valence electrons. The predicted octanol–water partition coefficient (Wildman–Crippen LogP) is 10.5. The van der Waals surface area contributed by atoms with Crippen molar-refractivity contribution in [2.75, 3.05) is 43.2 Å². The fourth-order valence-electron chi connectivity index (χ4n) is 11.9. The summed E-state index contributed by atoms with van der Waals surface area (Å²) in [5.74, 6) is 4.63. The molecule has 0 spiro atoms. The van der Waals surface area contributed by atoms with Gasteiger partial charge in [0.2, 0.25) is 18.2 Å². The van der Waals surface area contributed by atoms with Crippen molar-refractivity contribution < 1.29 is 24.3 Å². The van der Waals surface area contributed by atoms with Gasteiger partial charge in [0.15, 0.2) is 16.8 Å². The Labute approximate surface area is 463 Å². The lowest BCUT2D eigenvalue weighted by Gasteiger charge is -2.56. The molecule has 4 aromatic heterocycles. The first-order valence-corrected chi connectivity index (χ1v) is 29.2. The summed E-state index contributed by atoms with van der Waals surface area (Å²) >= 11 is 2.92. The summed E-state index contributed by atoms with van der Waals surface area (Å²) < 4.78 is 6.37. The molecule has 19 heteroatoms. The van der Waals surface area contributed by atoms with Gasteiger partial charge in [0.25, 0.3) is 5.91 Å². The number of aromatic nitrogens is 6. The van der Waals surface area contributed by atoms with Gasteiger partial charge in [-0.05, 0) is 163 Å². The molecule has 2 unspecified atom stereocenters. The van der Waals surface area contributed by atoms with E-state index >= 15 is 0 Å². The number of rotatable bonds is 20. The molecule has 0 radical (unpaired) electrons. The highest BCUT2D eigenvalue weighted by Crippen LogP contribution is 2.60. The number of amides is 4. The number of thiazole rings is 1. The van der Waals surface area contributed by atoms with Crippen molar-refractivity contribution in [3.63, 3.8) is 0 Å². The molecule has 10 rings (SSSR count). The molecule has 4 bridgehead atoms. The summed E-state index contributed by atoms with van der Waals surface area (Å²) in [6.45, 7) is 19.6. The van der Waals surface area contributed by atoms with Crippen LogP contribution in [-0.2, 0) is 20.9 Å². The first-order chi connectivity index (χ1) is 36.8. The first-order valence-electron chi connectivity index (χ1n) is 27.4. The molecule has 5 fully saturated rings. The van der Waals surface area contributed by atoms with E-state index in [-0.39, 0.29) is 30.4 Å². The Morgan fingerprint density at radius 2 is 1.68 bits per heavy atom. The number of nitrogens with one attached hydrogen (secondary N) is 4. The number of hydrogen-bond donors (Lipinski definition) is 5. The zero-order valence-electron chi connectivity index (χ0n) is 46.8. The van der Waals surface area contributed by atoms with Crippen LogP contribution in [0.2, 0.25) is 0 Å². The number of aliphatic hydroxyl groups is 1. The summed E-state index contributed by atoms with van der Waals surface area (Å²) in [5.41, 5.74) is 5.79. The number of anilines is 4. The van der Waals surface area contributed by atoms with Gasteiger partial charge >= 0.3 is 0 Å².